The summed E-state index contributed by atoms with van der Waals surface area (Å²) in [6, 6.07) is 1.93. The van der Waals surface area contributed by atoms with Crippen LogP contribution in [0.4, 0.5) is 0 Å². The Morgan fingerprint density at radius 3 is 2.35 bits per heavy atom. The summed E-state index contributed by atoms with van der Waals surface area (Å²) in [5, 5.41) is 8.90. The van der Waals surface area contributed by atoms with Crippen LogP contribution in [0.5, 0.6) is 5.75 Å². The van der Waals surface area contributed by atoms with Gasteiger partial charge in [-0.3, -0.25) is 0 Å². The topological polar surface area (TPSA) is 46.5 Å². The third-order valence-electron chi connectivity index (χ3n) is 3.03. The second-order valence-electron chi connectivity index (χ2n) is 4.19. The van der Waals surface area contributed by atoms with Crippen LogP contribution in [0, 0.1) is 20.8 Å². The zero-order valence-electron chi connectivity index (χ0n) is 10.9. The number of hydrogen-bond donors (Lipinski definition) is 1. The second kappa shape index (κ2) is 5.04. The lowest BCUT2D eigenvalue weighted by Crippen LogP contribution is -1.99. The van der Waals surface area contributed by atoms with Crippen molar-refractivity contribution >= 4 is 12.0 Å². The van der Waals surface area contributed by atoms with Crippen molar-refractivity contribution < 1.29 is 14.6 Å². The highest BCUT2D eigenvalue weighted by molar-refractivity contribution is 5.92. The second-order valence-corrected chi connectivity index (χ2v) is 4.19. The number of methoxy groups -OCH3 is 1. The van der Waals surface area contributed by atoms with E-state index < -0.39 is 5.97 Å². The minimum atomic E-state index is -0.891. The molecule has 0 fully saturated rings. The molecule has 0 aliphatic heterocycles. The van der Waals surface area contributed by atoms with Crippen LogP contribution in [0.15, 0.2) is 11.6 Å². The summed E-state index contributed by atoms with van der Waals surface area (Å²) >= 11 is 0. The van der Waals surface area contributed by atoms with Crippen molar-refractivity contribution in [3.63, 3.8) is 0 Å². The molecule has 3 heteroatoms. The summed E-state index contributed by atoms with van der Waals surface area (Å²) in [5.74, 6) is -0.0533. The van der Waals surface area contributed by atoms with Crippen LogP contribution in [0.3, 0.4) is 0 Å². The molecule has 0 saturated heterocycles. The molecule has 0 amide bonds. The third-order valence-corrected chi connectivity index (χ3v) is 3.03. The Morgan fingerprint density at radius 1 is 1.29 bits per heavy atom. The van der Waals surface area contributed by atoms with Crippen molar-refractivity contribution in [1.29, 1.82) is 0 Å². The Morgan fingerprint density at radius 2 is 1.88 bits per heavy atom. The van der Waals surface area contributed by atoms with E-state index in [0.717, 1.165) is 28.0 Å². The van der Waals surface area contributed by atoms with Gasteiger partial charge in [0.1, 0.15) is 5.75 Å². The number of benzene rings is 1. The number of carbonyl (C=O) groups is 1. The highest BCUT2D eigenvalue weighted by Gasteiger charge is 2.10. The van der Waals surface area contributed by atoms with Gasteiger partial charge < -0.3 is 9.84 Å². The van der Waals surface area contributed by atoms with Gasteiger partial charge in [0, 0.05) is 5.57 Å². The van der Waals surface area contributed by atoms with E-state index in [4.69, 9.17) is 9.84 Å². The monoisotopic (exact) mass is 234 g/mol. The van der Waals surface area contributed by atoms with Crippen LogP contribution in [-0.2, 0) is 4.79 Å². The quantitative estimate of drug-likeness (QED) is 0.817. The standard InChI is InChI=1S/C14H18O3/c1-8-7-13(17-5)11(4)10(3)12(8)6-9(2)14(15)16/h6-7H,1-5H3,(H,15,16)/b9-6+. The Kier molecular flexibility index (Phi) is 3.94. The molecule has 17 heavy (non-hydrogen) atoms. The summed E-state index contributed by atoms with van der Waals surface area (Å²) in [4.78, 5) is 10.8. The van der Waals surface area contributed by atoms with Gasteiger partial charge >= 0.3 is 5.97 Å². The fraction of sp³-hybridized carbons (Fsp3) is 0.357. The van der Waals surface area contributed by atoms with Crippen molar-refractivity contribution in [2.24, 2.45) is 0 Å². The number of hydrogen-bond acceptors (Lipinski definition) is 2. The van der Waals surface area contributed by atoms with E-state index in [1.807, 2.05) is 26.8 Å². The van der Waals surface area contributed by atoms with Crippen LogP contribution >= 0.6 is 0 Å². The van der Waals surface area contributed by atoms with Crippen LogP contribution in [0.2, 0.25) is 0 Å². The van der Waals surface area contributed by atoms with Crippen molar-refractivity contribution in [3.05, 3.63) is 33.9 Å². The van der Waals surface area contributed by atoms with Gasteiger partial charge in [-0.25, -0.2) is 4.79 Å². The van der Waals surface area contributed by atoms with Gasteiger partial charge in [-0.2, -0.15) is 0 Å². The molecule has 0 spiro atoms. The van der Waals surface area contributed by atoms with Gasteiger partial charge in [0.2, 0.25) is 0 Å². The number of aryl methyl sites for hydroxylation is 1. The van der Waals surface area contributed by atoms with E-state index in [9.17, 15) is 4.79 Å². The first-order valence-corrected chi connectivity index (χ1v) is 5.44. The lowest BCUT2D eigenvalue weighted by Gasteiger charge is -2.13. The van der Waals surface area contributed by atoms with E-state index in [2.05, 4.69) is 0 Å². The van der Waals surface area contributed by atoms with Gasteiger partial charge in [0.05, 0.1) is 7.11 Å². The minimum absolute atomic E-state index is 0.334. The highest BCUT2D eigenvalue weighted by Crippen LogP contribution is 2.28. The largest absolute Gasteiger partial charge is 0.496 e. The molecule has 0 aliphatic carbocycles. The van der Waals surface area contributed by atoms with Gasteiger partial charge in [-0.1, -0.05) is 0 Å². The first kappa shape index (κ1) is 13.3. The molecule has 0 aromatic heterocycles. The SMILES string of the molecule is COc1cc(C)c(/C=C(\C)C(=O)O)c(C)c1C. The van der Waals surface area contributed by atoms with Gasteiger partial charge in [0.25, 0.3) is 0 Å². The molecular formula is C14H18O3. The molecule has 3 nitrogen and oxygen atoms in total. The summed E-state index contributed by atoms with van der Waals surface area (Å²) in [6.07, 6.45) is 1.71. The zero-order valence-corrected chi connectivity index (χ0v) is 10.9. The lowest BCUT2D eigenvalue weighted by molar-refractivity contribution is -0.132. The first-order chi connectivity index (χ1) is 7.88. The van der Waals surface area contributed by atoms with Gasteiger partial charge in [0.15, 0.2) is 0 Å². The molecule has 1 rings (SSSR count). The molecule has 0 unspecified atom stereocenters. The lowest BCUT2D eigenvalue weighted by atomic mass is 9.96. The van der Waals surface area contributed by atoms with Crippen molar-refractivity contribution in [2.75, 3.05) is 7.11 Å². The summed E-state index contributed by atoms with van der Waals surface area (Å²) < 4.78 is 5.28. The van der Waals surface area contributed by atoms with Gasteiger partial charge in [-0.05, 0) is 62.1 Å². The maximum atomic E-state index is 10.8. The van der Waals surface area contributed by atoms with Crippen molar-refractivity contribution in [1.82, 2.24) is 0 Å². The Hall–Kier alpha value is -1.77. The van der Waals surface area contributed by atoms with E-state index in [-0.39, 0.29) is 0 Å². The van der Waals surface area contributed by atoms with Gasteiger partial charge in [-0.15, -0.1) is 0 Å². The molecule has 0 heterocycles. The van der Waals surface area contributed by atoms with E-state index in [1.54, 1.807) is 20.1 Å². The normalized spacial score (nSPS) is 11.5. The van der Waals surface area contributed by atoms with E-state index >= 15 is 0 Å². The molecule has 1 N–H and O–H groups in total. The molecule has 0 atom stereocenters. The predicted octanol–water partition coefficient (Wildman–Crippen LogP) is 3.11. The molecule has 1 aromatic carbocycles. The number of carboxylic acid groups (broad SMARTS) is 1. The highest BCUT2D eigenvalue weighted by atomic mass is 16.5. The molecule has 92 valence electrons. The maximum Gasteiger partial charge on any atom is 0.331 e. The molecule has 1 aromatic rings. The molecule has 0 radical (unpaired) electrons. The van der Waals surface area contributed by atoms with Crippen molar-refractivity contribution in [3.8, 4) is 5.75 Å². The molecule has 0 saturated carbocycles. The first-order valence-electron chi connectivity index (χ1n) is 5.44. The third kappa shape index (κ3) is 2.67. The zero-order chi connectivity index (χ0) is 13.2. The summed E-state index contributed by atoms with van der Waals surface area (Å²) in [5.41, 5.74) is 4.42. The van der Waals surface area contributed by atoms with E-state index in [1.165, 1.54) is 0 Å². The molecule has 0 bridgehead atoms. The number of rotatable bonds is 3. The van der Waals surface area contributed by atoms with E-state index in [0.29, 0.717) is 5.57 Å². The minimum Gasteiger partial charge on any atom is -0.496 e. The molecular weight excluding hydrogens is 216 g/mol. The maximum absolute atomic E-state index is 10.8. The number of ether oxygens (including phenoxy) is 1. The number of aliphatic carboxylic acids is 1. The average molecular weight is 234 g/mol. The van der Waals surface area contributed by atoms with Crippen LogP contribution in [0.25, 0.3) is 6.08 Å². The molecule has 0 aliphatic rings. The smallest absolute Gasteiger partial charge is 0.331 e. The number of carboxylic acids is 1. The fourth-order valence-corrected chi connectivity index (χ4v) is 1.78. The van der Waals surface area contributed by atoms with Crippen LogP contribution < -0.4 is 4.74 Å². The van der Waals surface area contributed by atoms with Crippen molar-refractivity contribution in [2.45, 2.75) is 27.7 Å². The van der Waals surface area contributed by atoms with Crippen LogP contribution in [-0.4, -0.2) is 18.2 Å². The predicted molar refractivity (Wildman–Crippen MR) is 68.5 cm³/mol. The fourth-order valence-electron chi connectivity index (χ4n) is 1.78. The Balaban J connectivity index is 3.41. The summed E-state index contributed by atoms with van der Waals surface area (Å²) in [6.45, 7) is 7.50. The summed E-state index contributed by atoms with van der Waals surface area (Å²) in [7, 11) is 1.64. The Bertz CT molecular complexity index is 485. The van der Waals surface area contributed by atoms with Crippen LogP contribution in [0.1, 0.15) is 29.2 Å². The Labute approximate surface area is 102 Å². The average Bonchev–Trinajstić information content (AvgIpc) is 2.28.